The first-order valence-corrected chi connectivity index (χ1v) is 10.9. The van der Waals surface area contributed by atoms with E-state index >= 15 is 0 Å². The average Bonchev–Trinajstić information content (AvgIpc) is 3.26. The Morgan fingerprint density at radius 3 is 2.62 bits per heavy atom. The maximum absolute atomic E-state index is 13.3. The molecule has 2 aliphatic heterocycles. The summed E-state index contributed by atoms with van der Waals surface area (Å²) in [5, 5.41) is 1.62. The van der Waals surface area contributed by atoms with Gasteiger partial charge in [0, 0.05) is 24.1 Å². The predicted molar refractivity (Wildman–Crippen MR) is 122 cm³/mol. The highest BCUT2D eigenvalue weighted by Crippen LogP contribution is 2.51. The minimum atomic E-state index is -0.0368. The van der Waals surface area contributed by atoms with Crippen molar-refractivity contribution in [2.75, 3.05) is 25.1 Å². The van der Waals surface area contributed by atoms with Crippen molar-refractivity contribution in [2.45, 2.75) is 11.8 Å². The second-order valence-electron chi connectivity index (χ2n) is 6.35. The van der Waals surface area contributed by atoms with Gasteiger partial charge in [-0.2, -0.15) is 0 Å². The van der Waals surface area contributed by atoms with E-state index in [1.807, 2.05) is 48.5 Å². The minimum Gasteiger partial charge on any atom is -0.497 e. The molecule has 2 aromatic rings. The summed E-state index contributed by atoms with van der Waals surface area (Å²) >= 11 is 3.04. The first kappa shape index (κ1) is 19.7. The minimum absolute atomic E-state index is 0.0368. The van der Waals surface area contributed by atoms with Crippen molar-refractivity contribution < 1.29 is 9.53 Å². The number of carbonyl (C=O) groups excluding carboxylic acids is 1. The van der Waals surface area contributed by atoms with E-state index in [4.69, 9.17) is 9.73 Å². The van der Waals surface area contributed by atoms with Crippen LogP contribution in [-0.4, -0.2) is 36.2 Å². The van der Waals surface area contributed by atoms with Crippen LogP contribution in [0.5, 0.6) is 5.75 Å². The second-order valence-corrected chi connectivity index (χ2v) is 8.36. The number of methoxy groups -OCH3 is 1. The van der Waals surface area contributed by atoms with E-state index < -0.39 is 0 Å². The van der Waals surface area contributed by atoms with Gasteiger partial charge in [0.2, 0.25) is 0 Å². The van der Waals surface area contributed by atoms with Gasteiger partial charge in [0.15, 0.2) is 5.17 Å². The van der Waals surface area contributed by atoms with Crippen molar-refractivity contribution in [3.05, 3.63) is 71.1 Å². The second kappa shape index (κ2) is 8.39. The third kappa shape index (κ3) is 3.68. The third-order valence-electron chi connectivity index (χ3n) is 4.58. The molecule has 1 saturated heterocycles. The van der Waals surface area contributed by atoms with E-state index in [2.05, 4.69) is 18.4 Å². The van der Waals surface area contributed by atoms with Crippen LogP contribution in [0.15, 0.2) is 81.0 Å². The van der Waals surface area contributed by atoms with E-state index in [0.717, 1.165) is 33.6 Å². The molecule has 0 spiro atoms. The summed E-state index contributed by atoms with van der Waals surface area (Å²) in [6, 6.07) is 15.7. The van der Waals surface area contributed by atoms with Gasteiger partial charge < -0.3 is 9.64 Å². The zero-order chi connectivity index (χ0) is 20.4. The lowest BCUT2D eigenvalue weighted by molar-refractivity contribution is -0.121. The number of amidine groups is 1. The molecule has 148 valence electrons. The van der Waals surface area contributed by atoms with Crippen LogP contribution in [0.25, 0.3) is 0 Å². The monoisotopic (exact) mass is 423 g/mol. The summed E-state index contributed by atoms with van der Waals surface area (Å²) < 4.78 is 5.38. The Labute approximate surface area is 179 Å². The summed E-state index contributed by atoms with van der Waals surface area (Å²) in [5.41, 5.74) is 1.89. The van der Waals surface area contributed by atoms with E-state index in [9.17, 15) is 4.79 Å². The van der Waals surface area contributed by atoms with Crippen molar-refractivity contribution >= 4 is 46.0 Å². The van der Waals surface area contributed by atoms with E-state index in [1.54, 1.807) is 29.8 Å². The van der Waals surface area contributed by atoms with E-state index in [0.29, 0.717) is 16.6 Å². The zero-order valence-corrected chi connectivity index (χ0v) is 17.9. The first-order valence-electron chi connectivity index (χ1n) is 9.28. The number of amides is 1. The van der Waals surface area contributed by atoms with Gasteiger partial charge in [-0.3, -0.25) is 9.69 Å². The quantitative estimate of drug-likeness (QED) is 0.486. The predicted octanol–water partition coefficient (Wildman–Crippen LogP) is 5.25. The van der Waals surface area contributed by atoms with Gasteiger partial charge in [-0.15, -0.1) is 6.58 Å². The van der Waals surface area contributed by atoms with Crippen LogP contribution in [0.3, 0.4) is 0 Å². The van der Waals surface area contributed by atoms with Crippen molar-refractivity contribution in [1.82, 2.24) is 4.90 Å². The molecule has 29 heavy (non-hydrogen) atoms. The molecule has 0 atom stereocenters. The molecular formula is C22H21N3O2S2. The number of rotatable bonds is 5. The number of hydrogen-bond acceptors (Lipinski definition) is 6. The number of aliphatic imine (C=N–C) groups is 1. The van der Waals surface area contributed by atoms with Crippen molar-refractivity contribution in [1.29, 1.82) is 0 Å². The highest BCUT2D eigenvalue weighted by atomic mass is 32.2. The molecule has 0 aromatic heterocycles. The summed E-state index contributed by atoms with van der Waals surface area (Å²) in [6.45, 7) is 7.06. The highest BCUT2D eigenvalue weighted by molar-refractivity contribution is 8.19. The Morgan fingerprint density at radius 1 is 1.14 bits per heavy atom. The lowest BCUT2D eigenvalue weighted by atomic mass is 10.2. The van der Waals surface area contributed by atoms with Crippen LogP contribution in [0, 0.1) is 0 Å². The molecule has 0 N–H and O–H groups in total. The van der Waals surface area contributed by atoms with Gasteiger partial charge in [0.1, 0.15) is 15.7 Å². The van der Waals surface area contributed by atoms with E-state index in [1.165, 1.54) is 11.8 Å². The van der Waals surface area contributed by atoms with Gasteiger partial charge in [-0.1, -0.05) is 36.0 Å². The van der Waals surface area contributed by atoms with Crippen LogP contribution in [0.2, 0.25) is 0 Å². The van der Waals surface area contributed by atoms with Gasteiger partial charge in [0.05, 0.1) is 18.5 Å². The summed E-state index contributed by atoms with van der Waals surface area (Å²) in [6.07, 6.45) is 1.73. The highest BCUT2D eigenvalue weighted by Gasteiger charge is 2.39. The largest absolute Gasteiger partial charge is 0.497 e. The fraction of sp³-hybridized carbons (Fsp3) is 0.182. The average molecular weight is 424 g/mol. The lowest BCUT2D eigenvalue weighted by Gasteiger charge is -2.19. The third-order valence-corrected chi connectivity index (χ3v) is 6.95. The fourth-order valence-corrected chi connectivity index (χ4v) is 5.58. The molecule has 7 heteroatoms. The van der Waals surface area contributed by atoms with Gasteiger partial charge in [-0.25, -0.2) is 4.99 Å². The molecule has 1 amide bonds. The van der Waals surface area contributed by atoms with Crippen LogP contribution in [-0.2, 0) is 4.79 Å². The van der Waals surface area contributed by atoms with Gasteiger partial charge >= 0.3 is 0 Å². The molecule has 0 radical (unpaired) electrons. The number of ether oxygens (including phenoxy) is 1. The SMILES string of the molecule is C=CCN1C(=O)C(=C2Sc3ccc(OC)cc3N2CC)SC1=Nc1ccccc1. The topological polar surface area (TPSA) is 45.1 Å². The summed E-state index contributed by atoms with van der Waals surface area (Å²) in [7, 11) is 1.66. The number of fused-ring (bicyclic) bond motifs is 1. The molecule has 4 rings (SSSR count). The number of anilines is 1. The summed E-state index contributed by atoms with van der Waals surface area (Å²) in [4.78, 5) is 23.7. The molecule has 0 saturated carbocycles. The zero-order valence-electron chi connectivity index (χ0n) is 16.3. The standard InChI is InChI=1S/C22H21N3O2S2/c1-4-13-25-20(26)19(29-22(25)23-15-9-7-6-8-10-15)21-24(5-2)17-14-16(27-3)11-12-18(17)28-21/h4,6-12,14H,1,5,13H2,2-3H3. The lowest BCUT2D eigenvalue weighted by Crippen LogP contribution is -2.30. The summed E-state index contributed by atoms with van der Waals surface area (Å²) in [5.74, 6) is 0.768. The number of para-hydroxylation sites is 1. The van der Waals surface area contributed by atoms with Crippen LogP contribution in [0.4, 0.5) is 11.4 Å². The number of thioether (sulfide) groups is 2. The molecule has 2 heterocycles. The Kier molecular flexibility index (Phi) is 5.69. The molecule has 5 nitrogen and oxygen atoms in total. The van der Waals surface area contributed by atoms with E-state index in [-0.39, 0.29) is 5.91 Å². The molecule has 0 unspecified atom stereocenters. The van der Waals surface area contributed by atoms with Crippen molar-refractivity contribution in [3.63, 3.8) is 0 Å². The van der Waals surface area contributed by atoms with Gasteiger partial charge in [0.25, 0.3) is 5.91 Å². The molecule has 2 aromatic carbocycles. The molecule has 1 fully saturated rings. The van der Waals surface area contributed by atoms with Crippen LogP contribution >= 0.6 is 23.5 Å². The normalized spacial score (nSPS) is 19.8. The maximum atomic E-state index is 13.3. The number of nitrogens with zero attached hydrogens (tertiary/aromatic N) is 3. The molecular weight excluding hydrogens is 402 g/mol. The Bertz CT molecular complexity index is 1020. The number of hydrogen-bond donors (Lipinski definition) is 0. The maximum Gasteiger partial charge on any atom is 0.269 e. The van der Waals surface area contributed by atoms with Gasteiger partial charge in [-0.05, 0) is 43.0 Å². The smallest absolute Gasteiger partial charge is 0.269 e. The number of carbonyl (C=O) groups is 1. The molecule has 0 bridgehead atoms. The Hall–Kier alpha value is -2.64. The molecule has 2 aliphatic rings. The number of benzene rings is 2. The van der Waals surface area contributed by atoms with Crippen molar-refractivity contribution in [2.24, 2.45) is 4.99 Å². The van der Waals surface area contributed by atoms with Crippen LogP contribution < -0.4 is 9.64 Å². The first-order chi connectivity index (χ1) is 14.2. The Morgan fingerprint density at radius 2 is 1.93 bits per heavy atom. The molecule has 0 aliphatic carbocycles. The fourth-order valence-electron chi connectivity index (χ4n) is 3.19. The Balaban J connectivity index is 1.76. The van der Waals surface area contributed by atoms with Crippen LogP contribution in [0.1, 0.15) is 6.92 Å². The van der Waals surface area contributed by atoms with Crippen molar-refractivity contribution in [3.8, 4) is 5.75 Å².